The lowest BCUT2D eigenvalue weighted by molar-refractivity contribution is -0.116. The van der Waals surface area contributed by atoms with Crippen molar-refractivity contribution in [3.05, 3.63) is 35.1 Å². The van der Waals surface area contributed by atoms with Crippen molar-refractivity contribution in [1.29, 1.82) is 0 Å². The van der Waals surface area contributed by atoms with Crippen molar-refractivity contribution in [1.82, 2.24) is 9.78 Å². The van der Waals surface area contributed by atoms with Crippen LogP contribution in [0.15, 0.2) is 35.1 Å². The van der Waals surface area contributed by atoms with Gasteiger partial charge in [-0.3, -0.25) is 9.48 Å². The number of ether oxygens (including phenoxy) is 2. The van der Waals surface area contributed by atoms with E-state index in [4.69, 9.17) is 9.47 Å². The van der Waals surface area contributed by atoms with Crippen LogP contribution in [0.4, 0.5) is 5.69 Å². The lowest BCUT2D eigenvalue weighted by atomic mass is 10.2. The molecular formula is C15H16BrN3O3. The van der Waals surface area contributed by atoms with Crippen molar-refractivity contribution >= 4 is 27.5 Å². The van der Waals surface area contributed by atoms with Crippen molar-refractivity contribution in [2.75, 3.05) is 18.5 Å². The Morgan fingerprint density at radius 2 is 2.14 bits per heavy atom. The Morgan fingerprint density at radius 1 is 1.32 bits per heavy atom. The minimum absolute atomic E-state index is 0.0251. The van der Waals surface area contributed by atoms with Crippen molar-refractivity contribution in [2.45, 2.75) is 19.4 Å². The Balaban J connectivity index is 1.49. The summed E-state index contributed by atoms with van der Waals surface area (Å²) in [6.07, 6.45) is 4.78. The molecule has 0 atom stereocenters. The number of aromatic nitrogens is 2. The molecule has 6 nitrogen and oxygen atoms in total. The van der Waals surface area contributed by atoms with E-state index in [1.165, 1.54) is 0 Å². The highest BCUT2D eigenvalue weighted by atomic mass is 79.9. The van der Waals surface area contributed by atoms with Crippen LogP contribution in [0, 0.1) is 0 Å². The van der Waals surface area contributed by atoms with Crippen LogP contribution in [0.3, 0.4) is 0 Å². The first-order valence-corrected chi connectivity index (χ1v) is 7.87. The molecule has 3 rings (SSSR count). The second kappa shape index (κ2) is 6.83. The SMILES string of the molecule is O=C(CCCn1cc(Br)cn1)Nc1ccc2c(c1)OCCO2. The molecule has 1 aliphatic heterocycles. The fourth-order valence-corrected chi connectivity index (χ4v) is 2.53. The van der Waals surface area contributed by atoms with Gasteiger partial charge in [-0.05, 0) is 34.5 Å². The summed E-state index contributed by atoms with van der Waals surface area (Å²) < 4.78 is 13.7. The molecule has 1 aromatic heterocycles. The molecule has 1 amide bonds. The van der Waals surface area contributed by atoms with E-state index < -0.39 is 0 Å². The number of carbonyl (C=O) groups is 1. The van der Waals surface area contributed by atoms with E-state index >= 15 is 0 Å². The van der Waals surface area contributed by atoms with Crippen LogP contribution < -0.4 is 14.8 Å². The van der Waals surface area contributed by atoms with Gasteiger partial charge in [0, 0.05) is 30.9 Å². The number of rotatable bonds is 5. The zero-order valence-corrected chi connectivity index (χ0v) is 13.5. The summed E-state index contributed by atoms with van der Waals surface area (Å²) in [7, 11) is 0. The number of nitrogens with one attached hydrogen (secondary N) is 1. The molecule has 0 fully saturated rings. The molecule has 22 heavy (non-hydrogen) atoms. The van der Waals surface area contributed by atoms with Gasteiger partial charge < -0.3 is 14.8 Å². The molecule has 0 saturated heterocycles. The summed E-state index contributed by atoms with van der Waals surface area (Å²) in [5.74, 6) is 1.36. The van der Waals surface area contributed by atoms with Gasteiger partial charge in [0.05, 0.1) is 10.7 Å². The normalized spacial score (nSPS) is 13.0. The van der Waals surface area contributed by atoms with Gasteiger partial charge in [0.1, 0.15) is 13.2 Å². The minimum Gasteiger partial charge on any atom is -0.486 e. The lowest BCUT2D eigenvalue weighted by Crippen LogP contribution is -2.16. The van der Waals surface area contributed by atoms with Crippen LogP contribution in [0.2, 0.25) is 0 Å². The van der Waals surface area contributed by atoms with Gasteiger partial charge in [-0.1, -0.05) is 0 Å². The molecule has 116 valence electrons. The highest BCUT2D eigenvalue weighted by molar-refractivity contribution is 9.10. The van der Waals surface area contributed by atoms with Crippen LogP contribution >= 0.6 is 15.9 Å². The Bertz CT molecular complexity index is 672. The first kappa shape index (κ1) is 14.9. The summed E-state index contributed by atoms with van der Waals surface area (Å²) >= 11 is 3.34. The molecule has 1 aliphatic rings. The predicted octanol–water partition coefficient (Wildman–Crippen LogP) is 2.84. The number of amides is 1. The molecule has 1 aromatic carbocycles. The van der Waals surface area contributed by atoms with Gasteiger partial charge in [-0.2, -0.15) is 5.10 Å². The fourth-order valence-electron chi connectivity index (χ4n) is 2.21. The molecule has 0 aliphatic carbocycles. The summed E-state index contributed by atoms with van der Waals surface area (Å²) in [4.78, 5) is 12.0. The highest BCUT2D eigenvalue weighted by Gasteiger charge is 2.12. The number of halogens is 1. The van der Waals surface area contributed by atoms with Gasteiger partial charge in [-0.15, -0.1) is 0 Å². The molecular weight excluding hydrogens is 350 g/mol. The van der Waals surface area contributed by atoms with Crippen molar-refractivity contribution < 1.29 is 14.3 Å². The monoisotopic (exact) mass is 365 g/mol. The summed E-state index contributed by atoms with van der Waals surface area (Å²) in [6, 6.07) is 5.42. The number of nitrogens with zero attached hydrogens (tertiary/aromatic N) is 2. The molecule has 0 radical (unpaired) electrons. The largest absolute Gasteiger partial charge is 0.486 e. The number of carbonyl (C=O) groups excluding carboxylic acids is 1. The average molecular weight is 366 g/mol. The van der Waals surface area contributed by atoms with Crippen LogP contribution in [0.1, 0.15) is 12.8 Å². The molecule has 7 heteroatoms. The number of hydrogen-bond acceptors (Lipinski definition) is 4. The maximum absolute atomic E-state index is 12.0. The van der Waals surface area contributed by atoms with Gasteiger partial charge >= 0.3 is 0 Å². The number of fused-ring (bicyclic) bond motifs is 1. The van der Waals surface area contributed by atoms with E-state index in [0.29, 0.717) is 37.7 Å². The molecule has 1 N–H and O–H groups in total. The number of benzene rings is 1. The lowest BCUT2D eigenvalue weighted by Gasteiger charge is -2.19. The number of anilines is 1. The topological polar surface area (TPSA) is 65.4 Å². The third-order valence-electron chi connectivity index (χ3n) is 3.22. The fraction of sp³-hybridized carbons (Fsp3) is 0.333. The quantitative estimate of drug-likeness (QED) is 0.884. The summed E-state index contributed by atoms with van der Waals surface area (Å²) in [5, 5.41) is 7.02. The van der Waals surface area contributed by atoms with E-state index in [9.17, 15) is 4.79 Å². The van der Waals surface area contributed by atoms with E-state index in [-0.39, 0.29) is 5.91 Å². The van der Waals surface area contributed by atoms with Gasteiger partial charge in [-0.25, -0.2) is 0 Å². The molecule has 2 aromatic rings. The second-order valence-electron chi connectivity index (χ2n) is 4.93. The smallest absolute Gasteiger partial charge is 0.224 e. The van der Waals surface area contributed by atoms with Gasteiger partial charge in [0.25, 0.3) is 0 Å². The summed E-state index contributed by atoms with van der Waals surface area (Å²) in [6.45, 7) is 1.80. The number of hydrogen-bond donors (Lipinski definition) is 1. The Kier molecular flexibility index (Phi) is 4.62. The molecule has 2 heterocycles. The molecule has 0 spiro atoms. The van der Waals surface area contributed by atoms with E-state index in [1.807, 2.05) is 18.3 Å². The molecule has 0 bridgehead atoms. The first-order valence-electron chi connectivity index (χ1n) is 7.08. The van der Waals surface area contributed by atoms with Crippen molar-refractivity contribution in [3.63, 3.8) is 0 Å². The van der Waals surface area contributed by atoms with Crippen LogP contribution in [-0.4, -0.2) is 28.9 Å². The van der Waals surface area contributed by atoms with Crippen LogP contribution in [0.5, 0.6) is 11.5 Å². The number of aryl methyl sites for hydroxylation is 1. The Hall–Kier alpha value is -2.02. The Morgan fingerprint density at radius 3 is 2.91 bits per heavy atom. The van der Waals surface area contributed by atoms with Gasteiger partial charge in [0.2, 0.25) is 5.91 Å². The van der Waals surface area contributed by atoms with Crippen molar-refractivity contribution in [3.8, 4) is 11.5 Å². The maximum Gasteiger partial charge on any atom is 0.224 e. The molecule has 0 saturated carbocycles. The zero-order valence-electron chi connectivity index (χ0n) is 11.9. The molecule has 0 unspecified atom stereocenters. The predicted molar refractivity (Wildman–Crippen MR) is 85.2 cm³/mol. The average Bonchev–Trinajstić information content (AvgIpc) is 2.92. The van der Waals surface area contributed by atoms with E-state index in [0.717, 1.165) is 16.6 Å². The third-order valence-corrected chi connectivity index (χ3v) is 3.63. The standard InChI is InChI=1S/C15H16BrN3O3/c16-11-9-17-19(10-11)5-1-2-15(20)18-12-3-4-13-14(8-12)22-7-6-21-13/h3-4,8-10H,1-2,5-7H2,(H,18,20). The van der Waals surface area contributed by atoms with Crippen molar-refractivity contribution in [2.24, 2.45) is 0 Å². The maximum atomic E-state index is 12.0. The Labute approximate surface area is 136 Å². The zero-order chi connectivity index (χ0) is 15.4. The summed E-state index contributed by atoms with van der Waals surface area (Å²) in [5.41, 5.74) is 0.719. The highest BCUT2D eigenvalue weighted by Crippen LogP contribution is 2.32. The van der Waals surface area contributed by atoms with Gasteiger partial charge in [0.15, 0.2) is 11.5 Å². The minimum atomic E-state index is -0.0251. The van der Waals surface area contributed by atoms with E-state index in [1.54, 1.807) is 16.9 Å². The van der Waals surface area contributed by atoms with Crippen LogP contribution in [0.25, 0.3) is 0 Å². The second-order valence-corrected chi connectivity index (χ2v) is 5.85. The first-order chi connectivity index (χ1) is 10.7. The third kappa shape index (κ3) is 3.79. The van der Waals surface area contributed by atoms with E-state index in [2.05, 4.69) is 26.3 Å². The van der Waals surface area contributed by atoms with Crippen LogP contribution in [-0.2, 0) is 11.3 Å².